The number of nitrogens with zero attached hydrogens (tertiary/aromatic N) is 1. The average Bonchev–Trinajstić information content (AvgIpc) is 2.48. The number of aliphatic hydroxyl groups excluding tert-OH is 1. The molecule has 0 spiro atoms. The van der Waals surface area contributed by atoms with Gasteiger partial charge in [0.15, 0.2) is 0 Å². The Bertz CT molecular complexity index is 442. The first-order valence-electron chi connectivity index (χ1n) is 6.97. The van der Waals surface area contributed by atoms with Crippen molar-refractivity contribution >= 4 is 17.5 Å². The maximum atomic E-state index is 11.6. The fraction of sp³-hybridized carbons (Fsp3) is 0.533. The Balaban J connectivity index is 1.83. The maximum Gasteiger partial charge on any atom is 0.222 e. The molecule has 110 valence electrons. The van der Waals surface area contributed by atoms with Crippen molar-refractivity contribution in [2.75, 3.05) is 26.7 Å². The zero-order valence-corrected chi connectivity index (χ0v) is 12.4. The number of β-amino-alcohol motifs (C(OH)–C–C–N with tert-alkyl or cyclic N) is 1. The van der Waals surface area contributed by atoms with Gasteiger partial charge < -0.3 is 15.3 Å². The Kier molecular flexibility index (Phi) is 5.40. The van der Waals surface area contributed by atoms with Crippen LogP contribution in [0.5, 0.6) is 0 Å². The normalized spacial score (nSPS) is 18.8. The molecule has 4 nitrogen and oxygen atoms in total. The van der Waals surface area contributed by atoms with Gasteiger partial charge in [-0.3, -0.25) is 4.79 Å². The number of aliphatic hydroxyl groups is 1. The number of amides is 1. The lowest BCUT2D eigenvalue weighted by Gasteiger charge is -2.32. The van der Waals surface area contributed by atoms with Gasteiger partial charge in [-0.25, -0.2) is 0 Å². The van der Waals surface area contributed by atoms with E-state index in [1.807, 2.05) is 12.1 Å². The molecule has 5 heteroatoms. The molecule has 1 heterocycles. The summed E-state index contributed by atoms with van der Waals surface area (Å²) in [4.78, 5) is 13.8. The second-order valence-electron chi connectivity index (χ2n) is 5.26. The van der Waals surface area contributed by atoms with E-state index >= 15 is 0 Å². The van der Waals surface area contributed by atoms with E-state index in [4.69, 9.17) is 11.6 Å². The molecular formula is C15H21ClN2O2. The summed E-state index contributed by atoms with van der Waals surface area (Å²) in [7, 11) is 1.68. The Labute approximate surface area is 124 Å². The molecule has 0 saturated carbocycles. The molecule has 1 saturated heterocycles. The standard InChI is InChI=1S/C15H21ClN2O2/c1-17-15(20)12-6-8-18(9-7-12)10-14(19)11-2-4-13(16)5-3-11/h2-5,12,14,19H,6-10H2,1H3,(H,17,20). The number of nitrogens with one attached hydrogen (secondary N) is 1. The first-order valence-corrected chi connectivity index (χ1v) is 7.35. The van der Waals surface area contributed by atoms with Gasteiger partial charge in [0.1, 0.15) is 0 Å². The van der Waals surface area contributed by atoms with Crippen LogP contribution in [0, 0.1) is 5.92 Å². The number of carbonyl (C=O) groups is 1. The molecule has 1 amide bonds. The molecule has 1 aromatic carbocycles. The van der Waals surface area contributed by atoms with Crippen molar-refractivity contribution < 1.29 is 9.90 Å². The predicted molar refractivity (Wildman–Crippen MR) is 79.6 cm³/mol. The van der Waals surface area contributed by atoms with Crippen molar-refractivity contribution in [3.05, 3.63) is 34.9 Å². The summed E-state index contributed by atoms with van der Waals surface area (Å²) in [5, 5.41) is 13.6. The lowest BCUT2D eigenvalue weighted by atomic mass is 9.95. The second-order valence-corrected chi connectivity index (χ2v) is 5.69. The number of benzene rings is 1. The zero-order valence-electron chi connectivity index (χ0n) is 11.7. The van der Waals surface area contributed by atoms with Crippen molar-refractivity contribution in [3.63, 3.8) is 0 Å². The smallest absolute Gasteiger partial charge is 0.222 e. The van der Waals surface area contributed by atoms with Crippen molar-refractivity contribution in [2.45, 2.75) is 18.9 Å². The summed E-state index contributed by atoms with van der Waals surface area (Å²) in [6.07, 6.45) is 1.20. The van der Waals surface area contributed by atoms with Gasteiger partial charge in [-0.15, -0.1) is 0 Å². The number of likely N-dealkylation sites (tertiary alicyclic amines) is 1. The highest BCUT2D eigenvalue weighted by molar-refractivity contribution is 6.30. The minimum atomic E-state index is -0.510. The Morgan fingerprint density at radius 2 is 2.00 bits per heavy atom. The summed E-state index contributed by atoms with van der Waals surface area (Å²) < 4.78 is 0. The molecule has 1 atom stereocenters. The van der Waals surface area contributed by atoms with Crippen LogP contribution in [0.4, 0.5) is 0 Å². The summed E-state index contributed by atoms with van der Waals surface area (Å²) in [6.45, 7) is 2.30. The molecule has 2 rings (SSSR count). The molecular weight excluding hydrogens is 276 g/mol. The van der Waals surface area contributed by atoms with E-state index in [2.05, 4.69) is 10.2 Å². The van der Waals surface area contributed by atoms with Crippen LogP contribution < -0.4 is 5.32 Å². The number of rotatable bonds is 4. The van der Waals surface area contributed by atoms with E-state index in [9.17, 15) is 9.90 Å². The number of carbonyl (C=O) groups excluding carboxylic acids is 1. The van der Waals surface area contributed by atoms with Gasteiger partial charge in [-0.2, -0.15) is 0 Å². The van der Waals surface area contributed by atoms with Crippen LogP contribution in [0.1, 0.15) is 24.5 Å². The van der Waals surface area contributed by atoms with Gasteiger partial charge in [-0.1, -0.05) is 23.7 Å². The van der Waals surface area contributed by atoms with Crippen LogP contribution in [0.3, 0.4) is 0 Å². The molecule has 1 unspecified atom stereocenters. The Hall–Kier alpha value is -1.10. The van der Waals surface area contributed by atoms with E-state index in [1.165, 1.54) is 0 Å². The van der Waals surface area contributed by atoms with Gasteiger partial charge in [-0.05, 0) is 43.6 Å². The minimum Gasteiger partial charge on any atom is -0.387 e. The predicted octanol–water partition coefficient (Wildman–Crippen LogP) is 1.83. The van der Waals surface area contributed by atoms with Crippen molar-refractivity contribution in [3.8, 4) is 0 Å². The highest BCUT2D eigenvalue weighted by Crippen LogP contribution is 2.21. The molecule has 1 fully saturated rings. The van der Waals surface area contributed by atoms with Crippen LogP contribution >= 0.6 is 11.6 Å². The number of hydrogen-bond acceptors (Lipinski definition) is 3. The molecule has 0 aliphatic carbocycles. The van der Waals surface area contributed by atoms with Gasteiger partial charge in [0.25, 0.3) is 0 Å². The van der Waals surface area contributed by atoms with E-state index in [1.54, 1.807) is 19.2 Å². The van der Waals surface area contributed by atoms with E-state index in [0.29, 0.717) is 11.6 Å². The number of halogens is 1. The third-order valence-corrected chi connectivity index (χ3v) is 4.14. The van der Waals surface area contributed by atoms with Crippen LogP contribution in [-0.4, -0.2) is 42.6 Å². The van der Waals surface area contributed by atoms with Crippen LogP contribution in [0.25, 0.3) is 0 Å². The van der Waals surface area contributed by atoms with Crippen LogP contribution in [0.15, 0.2) is 24.3 Å². The molecule has 0 bridgehead atoms. The van der Waals surface area contributed by atoms with Crippen LogP contribution in [-0.2, 0) is 4.79 Å². The van der Waals surface area contributed by atoms with E-state index in [-0.39, 0.29) is 11.8 Å². The Morgan fingerprint density at radius 3 is 2.55 bits per heavy atom. The molecule has 0 aromatic heterocycles. The zero-order chi connectivity index (χ0) is 14.5. The average molecular weight is 297 g/mol. The first kappa shape index (κ1) is 15.3. The van der Waals surface area contributed by atoms with E-state index in [0.717, 1.165) is 31.5 Å². The maximum absolute atomic E-state index is 11.6. The van der Waals surface area contributed by atoms with Gasteiger partial charge in [0.05, 0.1) is 6.10 Å². The quantitative estimate of drug-likeness (QED) is 0.891. The fourth-order valence-electron chi connectivity index (χ4n) is 2.62. The molecule has 1 aliphatic heterocycles. The lowest BCUT2D eigenvalue weighted by Crippen LogP contribution is -2.41. The third kappa shape index (κ3) is 3.95. The van der Waals surface area contributed by atoms with Crippen molar-refractivity contribution in [2.24, 2.45) is 5.92 Å². The number of hydrogen-bond donors (Lipinski definition) is 2. The number of piperidine rings is 1. The topological polar surface area (TPSA) is 52.6 Å². The monoisotopic (exact) mass is 296 g/mol. The first-order chi connectivity index (χ1) is 9.60. The minimum absolute atomic E-state index is 0.115. The molecule has 1 aromatic rings. The van der Waals surface area contributed by atoms with Gasteiger partial charge >= 0.3 is 0 Å². The van der Waals surface area contributed by atoms with Crippen LogP contribution in [0.2, 0.25) is 5.02 Å². The summed E-state index contributed by atoms with van der Waals surface area (Å²) >= 11 is 5.84. The third-order valence-electron chi connectivity index (χ3n) is 3.89. The van der Waals surface area contributed by atoms with Gasteiger partial charge in [0, 0.05) is 24.5 Å². The highest BCUT2D eigenvalue weighted by Gasteiger charge is 2.25. The summed E-state index contributed by atoms with van der Waals surface area (Å²) in [6, 6.07) is 7.28. The summed E-state index contributed by atoms with van der Waals surface area (Å²) in [5.74, 6) is 0.242. The molecule has 0 radical (unpaired) electrons. The largest absolute Gasteiger partial charge is 0.387 e. The highest BCUT2D eigenvalue weighted by atomic mass is 35.5. The fourth-order valence-corrected chi connectivity index (χ4v) is 2.74. The Morgan fingerprint density at radius 1 is 1.40 bits per heavy atom. The van der Waals surface area contributed by atoms with E-state index < -0.39 is 6.10 Å². The summed E-state index contributed by atoms with van der Waals surface area (Å²) in [5.41, 5.74) is 0.878. The molecule has 20 heavy (non-hydrogen) atoms. The molecule has 1 aliphatic rings. The van der Waals surface area contributed by atoms with Gasteiger partial charge in [0.2, 0.25) is 5.91 Å². The second kappa shape index (κ2) is 7.07. The molecule has 2 N–H and O–H groups in total. The van der Waals surface area contributed by atoms with Crippen molar-refractivity contribution in [1.82, 2.24) is 10.2 Å². The lowest BCUT2D eigenvalue weighted by molar-refractivity contribution is -0.126. The SMILES string of the molecule is CNC(=O)C1CCN(CC(O)c2ccc(Cl)cc2)CC1. The van der Waals surface area contributed by atoms with Crippen molar-refractivity contribution in [1.29, 1.82) is 0 Å².